The molecule has 19 heavy (non-hydrogen) atoms. The summed E-state index contributed by atoms with van der Waals surface area (Å²) in [5.74, 6) is 0. The predicted octanol–water partition coefficient (Wildman–Crippen LogP) is 4.38. The molecule has 1 atom stereocenters. The Hall–Kier alpha value is -0.910. The molecule has 0 aliphatic rings. The van der Waals surface area contributed by atoms with Crippen LogP contribution in [0.25, 0.3) is 0 Å². The normalized spacial score (nSPS) is 12.0. The van der Waals surface area contributed by atoms with E-state index in [1.165, 1.54) is 11.8 Å². The molecule has 0 aliphatic carbocycles. The van der Waals surface area contributed by atoms with E-state index in [1.54, 1.807) is 19.1 Å². The minimum absolute atomic E-state index is 0.00563. The van der Waals surface area contributed by atoms with Crippen LogP contribution in [-0.4, -0.2) is 24.7 Å². The highest BCUT2D eigenvalue weighted by molar-refractivity contribution is 7.99. The molecule has 1 amide bonds. The number of thioether (sulfide) groups is 1. The Morgan fingerprint density at radius 3 is 2.79 bits per heavy atom. The molecule has 0 bridgehead atoms. The van der Waals surface area contributed by atoms with Crippen molar-refractivity contribution in [1.29, 1.82) is 0 Å². The number of hydrogen-bond donors (Lipinski definition) is 1. The molecule has 0 aromatic heterocycles. The zero-order valence-corrected chi connectivity index (χ0v) is 12.8. The van der Waals surface area contributed by atoms with Gasteiger partial charge < -0.3 is 9.47 Å². The van der Waals surface area contributed by atoms with Crippen molar-refractivity contribution in [3.63, 3.8) is 0 Å². The molecule has 0 saturated heterocycles. The van der Waals surface area contributed by atoms with Crippen LogP contribution in [0.1, 0.15) is 20.8 Å². The van der Waals surface area contributed by atoms with Gasteiger partial charge in [0.2, 0.25) is 0 Å². The Labute approximate surface area is 122 Å². The maximum Gasteiger partial charge on any atom is 0.411 e. The zero-order valence-electron chi connectivity index (χ0n) is 11.2. The third-order valence-electron chi connectivity index (χ3n) is 2.15. The fourth-order valence-electron chi connectivity index (χ4n) is 1.43. The summed E-state index contributed by atoms with van der Waals surface area (Å²) in [6, 6.07) is 5.32. The van der Waals surface area contributed by atoms with Gasteiger partial charge in [-0.1, -0.05) is 23.4 Å². The first-order valence-corrected chi connectivity index (χ1v) is 7.34. The van der Waals surface area contributed by atoms with E-state index < -0.39 is 6.09 Å². The second-order valence-electron chi connectivity index (χ2n) is 3.63. The maximum atomic E-state index is 11.5. The molecular formula is C13H18ClNO3S. The number of ether oxygens (including phenoxy) is 2. The van der Waals surface area contributed by atoms with E-state index in [-0.39, 0.29) is 5.44 Å². The second-order valence-corrected chi connectivity index (χ2v) is 5.40. The number of rotatable bonds is 6. The van der Waals surface area contributed by atoms with Crippen LogP contribution >= 0.6 is 23.4 Å². The second kappa shape index (κ2) is 8.30. The summed E-state index contributed by atoms with van der Waals surface area (Å²) >= 11 is 7.45. The maximum absolute atomic E-state index is 11.5. The summed E-state index contributed by atoms with van der Waals surface area (Å²) in [6.45, 7) is 6.62. The first-order chi connectivity index (χ1) is 9.06. The molecule has 1 unspecified atom stereocenters. The summed E-state index contributed by atoms with van der Waals surface area (Å²) in [7, 11) is 0. The number of carbonyl (C=O) groups excluding carboxylic acids is 1. The molecule has 0 heterocycles. The van der Waals surface area contributed by atoms with Gasteiger partial charge in [0.05, 0.1) is 12.3 Å². The third kappa shape index (κ3) is 5.72. The molecule has 0 spiro atoms. The summed E-state index contributed by atoms with van der Waals surface area (Å²) < 4.78 is 10.3. The first-order valence-electron chi connectivity index (χ1n) is 6.08. The van der Waals surface area contributed by atoms with E-state index in [4.69, 9.17) is 21.1 Å². The van der Waals surface area contributed by atoms with Gasteiger partial charge >= 0.3 is 6.09 Å². The van der Waals surface area contributed by atoms with Gasteiger partial charge in [-0.2, -0.15) is 0 Å². The lowest BCUT2D eigenvalue weighted by atomic mass is 10.3. The van der Waals surface area contributed by atoms with Crippen molar-refractivity contribution in [2.75, 3.05) is 18.5 Å². The van der Waals surface area contributed by atoms with Crippen molar-refractivity contribution in [1.82, 2.24) is 0 Å². The highest BCUT2D eigenvalue weighted by Crippen LogP contribution is 2.33. The standard InChI is InChI=1S/C13H18ClNO3S/c1-4-17-9(3)19-12-7-6-10(14)8-11(12)15-13(16)18-5-2/h6-9H,4-5H2,1-3H3,(H,15,16). The number of halogens is 1. The Balaban J connectivity index is 2.82. The average molecular weight is 304 g/mol. The van der Waals surface area contributed by atoms with E-state index >= 15 is 0 Å². The van der Waals surface area contributed by atoms with Gasteiger partial charge in [0.15, 0.2) is 0 Å². The van der Waals surface area contributed by atoms with Gasteiger partial charge in [-0.15, -0.1) is 0 Å². The van der Waals surface area contributed by atoms with Crippen LogP contribution in [0.15, 0.2) is 23.1 Å². The Kier molecular flexibility index (Phi) is 7.05. The highest BCUT2D eigenvalue weighted by Gasteiger charge is 2.12. The molecule has 1 aromatic rings. The summed E-state index contributed by atoms with van der Waals surface area (Å²) in [6.07, 6.45) is -0.490. The summed E-state index contributed by atoms with van der Waals surface area (Å²) in [5, 5.41) is 3.23. The van der Waals surface area contributed by atoms with Crippen LogP contribution in [0.3, 0.4) is 0 Å². The number of amides is 1. The fraction of sp³-hybridized carbons (Fsp3) is 0.462. The highest BCUT2D eigenvalue weighted by atomic mass is 35.5. The summed E-state index contributed by atoms with van der Waals surface area (Å²) in [5.41, 5.74) is 0.622. The van der Waals surface area contributed by atoms with Crippen LogP contribution in [-0.2, 0) is 9.47 Å². The van der Waals surface area contributed by atoms with Crippen LogP contribution in [0.5, 0.6) is 0 Å². The van der Waals surface area contributed by atoms with Gasteiger partial charge in [0, 0.05) is 16.5 Å². The molecule has 0 saturated carbocycles. The largest absolute Gasteiger partial charge is 0.450 e. The predicted molar refractivity (Wildman–Crippen MR) is 79.0 cm³/mol. The van der Waals surface area contributed by atoms with Gasteiger partial charge in [0.1, 0.15) is 5.44 Å². The van der Waals surface area contributed by atoms with Gasteiger partial charge in [0.25, 0.3) is 0 Å². The number of benzene rings is 1. The fourth-order valence-corrected chi connectivity index (χ4v) is 2.54. The molecule has 1 aromatic carbocycles. The minimum atomic E-state index is -0.490. The van der Waals surface area contributed by atoms with Crippen molar-refractivity contribution < 1.29 is 14.3 Å². The molecule has 4 nitrogen and oxygen atoms in total. The topological polar surface area (TPSA) is 47.6 Å². The molecule has 1 N–H and O–H groups in total. The van der Waals surface area contributed by atoms with Gasteiger partial charge in [-0.05, 0) is 39.0 Å². The van der Waals surface area contributed by atoms with E-state index in [9.17, 15) is 4.79 Å². The molecule has 0 aliphatic heterocycles. The van der Waals surface area contributed by atoms with Crippen molar-refractivity contribution >= 4 is 35.1 Å². The lowest BCUT2D eigenvalue weighted by Gasteiger charge is -2.15. The number of hydrogen-bond acceptors (Lipinski definition) is 4. The Morgan fingerprint density at radius 2 is 2.16 bits per heavy atom. The summed E-state index contributed by atoms with van der Waals surface area (Å²) in [4.78, 5) is 12.4. The molecule has 0 fully saturated rings. The quantitative estimate of drug-likeness (QED) is 0.625. The van der Waals surface area contributed by atoms with E-state index in [2.05, 4.69) is 5.32 Å². The average Bonchev–Trinajstić information content (AvgIpc) is 2.33. The van der Waals surface area contributed by atoms with Crippen LogP contribution in [0, 0.1) is 0 Å². The van der Waals surface area contributed by atoms with Crippen LogP contribution in [0.4, 0.5) is 10.5 Å². The smallest absolute Gasteiger partial charge is 0.411 e. The van der Waals surface area contributed by atoms with E-state index in [0.29, 0.717) is 23.9 Å². The van der Waals surface area contributed by atoms with Crippen molar-refractivity contribution in [3.05, 3.63) is 23.2 Å². The monoisotopic (exact) mass is 303 g/mol. The number of nitrogens with one attached hydrogen (secondary N) is 1. The van der Waals surface area contributed by atoms with Crippen LogP contribution < -0.4 is 5.32 Å². The van der Waals surface area contributed by atoms with Crippen molar-refractivity contribution in [2.24, 2.45) is 0 Å². The van der Waals surface area contributed by atoms with Gasteiger partial charge in [-0.25, -0.2) is 4.79 Å². The Morgan fingerprint density at radius 1 is 1.42 bits per heavy atom. The lowest BCUT2D eigenvalue weighted by Crippen LogP contribution is -2.14. The number of anilines is 1. The molecule has 6 heteroatoms. The lowest BCUT2D eigenvalue weighted by molar-refractivity contribution is 0.137. The Bertz CT molecular complexity index is 428. The van der Waals surface area contributed by atoms with Gasteiger partial charge in [-0.3, -0.25) is 5.32 Å². The van der Waals surface area contributed by atoms with Crippen molar-refractivity contribution in [2.45, 2.75) is 31.1 Å². The first kappa shape index (κ1) is 16.1. The number of carbonyl (C=O) groups is 1. The third-order valence-corrected chi connectivity index (χ3v) is 3.46. The van der Waals surface area contributed by atoms with Crippen molar-refractivity contribution in [3.8, 4) is 0 Å². The zero-order chi connectivity index (χ0) is 14.3. The van der Waals surface area contributed by atoms with Crippen LogP contribution in [0.2, 0.25) is 5.02 Å². The molecule has 106 valence electrons. The SMILES string of the molecule is CCOC(=O)Nc1cc(Cl)ccc1SC(C)OCC. The van der Waals surface area contributed by atoms with E-state index in [1.807, 2.05) is 19.9 Å². The molecule has 0 radical (unpaired) electrons. The minimum Gasteiger partial charge on any atom is -0.450 e. The van der Waals surface area contributed by atoms with E-state index in [0.717, 1.165) is 4.90 Å². The molecule has 1 rings (SSSR count). The molecular weight excluding hydrogens is 286 g/mol.